The SMILES string of the molecule is CN(C)[C@@H]1CN(Cc2cc(F)ccc2-n2cccn2)CC[C@]1(O)c1ccccc1. The molecule has 29 heavy (non-hydrogen) atoms. The molecule has 1 aliphatic heterocycles. The van der Waals surface area contributed by atoms with E-state index in [-0.39, 0.29) is 11.9 Å². The molecule has 3 aromatic rings. The molecule has 2 aromatic carbocycles. The quantitative estimate of drug-likeness (QED) is 0.723. The molecule has 6 heteroatoms. The molecule has 0 spiro atoms. The molecule has 5 nitrogen and oxygen atoms in total. The fourth-order valence-corrected chi connectivity index (χ4v) is 4.34. The van der Waals surface area contributed by atoms with Gasteiger partial charge in [0.05, 0.1) is 11.7 Å². The van der Waals surface area contributed by atoms with Crippen molar-refractivity contribution in [3.05, 3.63) is 83.9 Å². The van der Waals surface area contributed by atoms with Gasteiger partial charge in [0, 0.05) is 32.0 Å². The number of piperidine rings is 1. The van der Waals surface area contributed by atoms with Gasteiger partial charge in [-0.05, 0) is 55.9 Å². The average molecular weight is 394 g/mol. The lowest BCUT2D eigenvalue weighted by Crippen LogP contribution is -2.58. The summed E-state index contributed by atoms with van der Waals surface area (Å²) in [6, 6.07) is 16.5. The maximum Gasteiger partial charge on any atom is 0.123 e. The summed E-state index contributed by atoms with van der Waals surface area (Å²) in [4.78, 5) is 4.36. The molecule has 1 fully saturated rings. The van der Waals surface area contributed by atoms with Gasteiger partial charge in [-0.25, -0.2) is 9.07 Å². The van der Waals surface area contributed by atoms with E-state index >= 15 is 0 Å². The fraction of sp³-hybridized carbons (Fsp3) is 0.348. The van der Waals surface area contributed by atoms with Gasteiger partial charge >= 0.3 is 0 Å². The third-order valence-corrected chi connectivity index (χ3v) is 5.88. The zero-order valence-corrected chi connectivity index (χ0v) is 16.9. The van der Waals surface area contributed by atoms with Gasteiger partial charge < -0.3 is 10.0 Å². The number of likely N-dealkylation sites (N-methyl/N-ethyl adjacent to an activating group) is 1. The third kappa shape index (κ3) is 3.96. The number of rotatable bonds is 5. The summed E-state index contributed by atoms with van der Waals surface area (Å²) in [6.45, 7) is 2.01. The van der Waals surface area contributed by atoms with Crippen LogP contribution in [0.15, 0.2) is 67.0 Å². The highest BCUT2D eigenvalue weighted by atomic mass is 19.1. The number of hydrogen-bond donors (Lipinski definition) is 1. The fourth-order valence-electron chi connectivity index (χ4n) is 4.34. The Morgan fingerprint density at radius 1 is 1.17 bits per heavy atom. The molecular weight excluding hydrogens is 367 g/mol. The van der Waals surface area contributed by atoms with Crippen LogP contribution >= 0.6 is 0 Å². The van der Waals surface area contributed by atoms with Gasteiger partial charge in [-0.1, -0.05) is 30.3 Å². The number of likely N-dealkylation sites (tertiary alicyclic amines) is 1. The second-order valence-corrected chi connectivity index (χ2v) is 7.98. The van der Waals surface area contributed by atoms with Crippen LogP contribution in [0.2, 0.25) is 0 Å². The predicted molar refractivity (Wildman–Crippen MR) is 111 cm³/mol. The monoisotopic (exact) mass is 394 g/mol. The van der Waals surface area contributed by atoms with Gasteiger partial charge in [0.1, 0.15) is 11.4 Å². The molecule has 0 unspecified atom stereocenters. The lowest BCUT2D eigenvalue weighted by atomic mass is 9.79. The van der Waals surface area contributed by atoms with Crippen molar-refractivity contribution in [1.29, 1.82) is 0 Å². The van der Waals surface area contributed by atoms with Crippen LogP contribution in [0.1, 0.15) is 17.5 Å². The van der Waals surface area contributed by atoms with Gasteiger partial charge in [0.25, 0.3) is 0 Å². The number of hydrogen-bond acceptors (Lipinski definition) is 4. The number of benzene rings is 2. The van der Waals surface area contributed by atoms with Crippen LogP contribution in [-0.2, 0) is 12.1 Å². The minimum atomic E-state index is -0.909. The molecule has 0 aliphatic carbocycles. The Balaban J connectivity index is 1.59. The molecule has 1 saturated heterocycles. The Morgan fingerprint density at radius 3 is 2.66 bits per heavy atom. The van der Waals surface area contributed by atoms with E-state index < -0.39 is 5.60 Å². The Kier molecular flexibility index (Phi) is 5.50. The molecule has 1 aliphatic rings. The van der Waals surface area contributed by atoms with E-state index in [1.54, 1.807) is 23.0 Å². The highest BCUT2D eigenvalue weighted by Gasteiger charge is 2.44. The van der Waals surface area contributed by atoms with Crippen LogP contribution in [0.3, 0.4) is 0 Å². The first kappa shape index (κ1) is 19.8. The highest BCUT2D eigenvalue weighted by Crippen LogP contribution is 2.36. The Hall–Kier alpha value is -2.54. The van der Waals surface area contributed by atoms with Gasteiger partial charge in [0.15, 0.2) is 0 Å². The first-order chi connectivity index (χ1) is 14.0. The summed E-state index contributed by atoms with van der Waals surface area (Å²) in [7, 11) is 4.00. The molecule has 1 N–H and O–H groups in total. The Morgan fingerprint density at radius 2 is 1.97 bits per heavy atom. The Labute approximate surface area is 171 Å². The van der Waals surface area contributed by atoms with Crippen LogP contribution in [0.4, 0.5) is 4.39 Å². The molecule has 0 saturated carbocycles. The molecular formula is C23H27FN4O. The molecule has 0 amide bonds. The van der Waals surface area contributed by atoms with Gasteiger partial charge in [-0.15, -0.1) is 0 Å². The maximum absolute atomic E-state index is 14.0. The van der Waals surface area contributed by atoms with E-state index in [4.69, 9.17) is 0 Å². The first-order valence-electron chi connectivity index (χ1n) is 9.92. The molecule has 1 aromatic heterocycles. The molecule has 4 rings (SSSR count). The van der Waals surface area contributed by atoms with Crippen LogP contribution in [-0.4, -0.2) is 57.9 Å². The lowest BCUT2D eigenvalue weighted by Gasteiger charge is -2.47. The number of aliphatic hydroxyl groups is 1. The number of halogens is 1. The second-order valence-electron chi connectivity index (χ2n) is 7.98. The predicted octanol–water partition coefficient (Wildman–Crippen LogP) is 3.04. The third-order valence-electron chi connectivity index (χ3n) is 5.88. The smallest absolute Gasteiger partial charge is 0.123 e. The van der Waals surface area contributed by atoms with Crippen molar-refractivity contribution in [2.45, 2.75) is 24.6 Å². The van der Waals surface area contributed by atoms with Crippen molar-refractivity contribution >= 4 is 0 Å². The first-order valence-corrected chi connectivity index (χ1v) is 9.92. The van der Waals surface area contributed by atoms with Crippen molar-refractivity contribution in [3.8, 4) is 5.69 Å². The van der Waals surface area contributed by atoms with Crippen LogP contribution < -0.4 is 0 Å². The number of nitrogens with zero attached hydrogens (tertiary/aromatic N) is 4. The minimum absolute atomic E-state index is 0.0691. The van der Waals surface area contributed by atoms with Crippen LogP contribution in [0, 0.1) is 5.82 Å². The lowest BCUT2D eigenvalue weighted by molar-refractivity contribution is -0.0893. The molecule has 2 atom stereocenters. The summed E-state index contributed by atoms with van der Waals surface area (Å²) in [5, 5.41) is 15.9. The number of aromatic nitrogens is 2. The van der Waals surface area contributed by atoms with E-state index in [9.17, 15) is 9.50 Å². The largest absolute Gasteiger partial charge is 0.383 e. The summed E-state index contributed by atoms with van der Waals surface area (Å²) in [6.07, 6.45) is 4.20. The van der Waals surface area contributed by atoms with Crippen molar-refractivity contribution in [3.63, 3.8) is 0 Å². The van der Waals surface area contributed by atoms with E-state index in [0.29, 0.717) is 19.5 Å². The summed E-state index contributed by atoms with van der Waals surface area (Å²) >= 11 is 0. The molecule has 2 heterocycles. The van der Waals surface area contributed by atoms with E-state index in [2.05, 4.69) is 14.9 Å². The molecule has 0 radical (unpaired) electrons. The van der Waals surface area contributed by atoms with Crippen molar-refractivity contribution in [1.82, 2.24) is 19.6 Å². The van der Waals surface area contributed by atoms with Crippen LogP contribution in [0.25, 0.3) is 5.69 Å². The van der Waals surface area contributed by atoms with E-state index in [0.717, 1.165) is 23.4 Å². The van der Waals surface area contributed by atoms with E-state index in [1.165, 1.54) is 6.07 Å². The maximum atomic E-state index is 14.0. The zero-order chi connectivity index (χ0) is 20.4. The summed E-state index contributed by atoms with van der Waals surface area (Å²) < 4.78 is 15.8. The second kappa shape index (κ2) is 8.06. The van der Waals surface area contributed by atoms with Crippen LogP contribution in [0.5, 0.6) is 0 Å². The van der Waals surface area contributed by atoms with Crippen molar-refractivity contribution in [2.24, 2.45) is 0 Å². The van der Waals surface area contributed by atoms with Gasteiger partial charge in [0.2, 0.25) is 0 Å². The van der Waals surface area contributed by atoms with E-state index in [1.807, 2.05) is 56.7 Å². The summed E-state index contributed by atoms with van der Waals surface area (Å²) in [5.41, 5.74) is 1.80. The summed E-state index contributed by atoms with van der Waals surface area (Å²) in [5.74, 6) is -0.252. The van der Waals surface area contributed by atoms with Crippen molar-refractivity contribution in [2.75, 3.05) is 27.2 Å². The topological polar surface area (TPSA) is 44.5 Å². The Bertz CT molecular complexity index is 945. The van der Waals surface area contributed by atoms with Gasteiger partial charge in [-0.3, -0.25) is 4.90 Å². The molecule has 152 valence electrons. The highest BCUT2D eigenvalue weighted by molar-refractivity contribution is 5.40. The average Bonchev–Trinajstić information content (AvgIpc) is 3.25. The normalized spacial score (nSPS) is 22.9. The van der Waals surface area contributed by atoms with Crippen molar-refractivity contribution < 1.29 is 9.50 Å². The zero-order valence-electron chi connectivity index (χ0n) is 16.9. The molecule has 0 bridgehead atoms. The minimum Gasteiger partial charge on any atom is -0.383 e. The standard InChI is InChI=1S/C23H27FN4O/c1-26(2)22-17-27(14-11-23(22,29)19-7-4-3-5-8-19)16-18-15-20(24)9-10-21(18)28-13-6-12-25-28/h3-10,12-13,15,22,29H,11,14,16-17H2,1-2H3/t22-,23+/m1/s1. The van der Waals surface area contributed by atoms with Gasteiger partial charge in [-0.2, -0.15) is 5.10 Å².